The Morgan fingerprint density at radius 3 is 2.71 bits per heavy atom. The molecule has 1 atom stereocenters. The molecule has 2 fully saturated rings. The molecule has 0 aromatic heterocycles. The normalized spacial score (nSPS) is 34.7. The highest BCUT2D eigenvalue weighted by Gasteiger charge is 2.31. The van der Waals surface area contributed by atoms with Crippen LogP contribution in [0, 0.1) is 11.8 Å². The largest absolute Gasteiger partial charge is 0.394 e. The fourth-order valence-corrected chi connectivity index (χ4v) is 2.80. The SMILES string of the molecule is CC1CCC(C(=O)N2CCOC(CO)C2)CC1. The van der Waals surface area contributed by atoms with Gasteiger partial charge in [0.1, 0.15) is 0 Å². The molecule has 1 aliphatic heterocycles. The van der Waals surface area contributed by atoms with Crippen molar-refractivity contribution < 1.29 is 14.6 Å². The molecular weight excluding hydrogens is 218 g/mol. The van der Waals surface area contributed by atoms with Crippen molar-refractivity contribution in [2.45, 2.75) is 38.7 Å². The average molecular weight is 241 g/mol. The molecule has 1 heterocycles. The Bertz CT molecular complexity index is 261. The summed E-state index contributed by atoms with van der Waals surface area (Å²) < 4.78 is 5.37. The molecular formula is C13H23NO3. The number of hydrogen-bond donors (Lipinski definition) is 1. The first kappa shape index (κ1) is 12.8. The molecule has 0 aromatic carbocycles. The summed E-state index contributed by atoms with van der Waals surface area (Å²) in [7, 11) is 0. The number of amides is 1. The van der Waals surface area contributed by atoms with E-state index in [1.807, 2.05) is 4.90 Å². The summed E-state index contributed by atoms with van der Waals surface area (Å²) in [6.07, 6.45) is 4.21. The third-order valence-corrected chi connectivity index (χ3v) is 4.02. The number of hydrogen-bond acceptors (Lipinski definition) is 3. The maximum absolute atomic E-state index is 12.3. The second kappa shape index (κ2) is 5.83. The first-order valence-corrected chi connectivity index (χ1v) is 6.72. The van der Waals surface area contributed by atoms with E-state index in [1.165, 1.54) is 12.8 Å². The molecule has 0 bridgehead atoms. The van der Waals surface area contributed by atoms with Gasteiger partial charge in [-0.3, -0.25) is 4.79 Å². The van der Waals surface area contributed by atoms with Crippen molar-refractivity contribution in [3.8, 4) is 0 Å². The molecule has 98 valence electrons. The van der Waals surface area contributed by atoms with Crippen LogP contribution in [0.4, 0.5) is 0 Å². The fraction of sp³-hybridized carbons (Fsp3) is 0.923. The van der Waals surface area contributed by atoms with Gasteiger partial charge in [0.2, 0.25) is 5.91 Å². The van der Waals surface area contributed by atoms with Gasteiger partial charge in [0.25, 0.3) is 0 Å². The Morgan fingerprint density at radius 1 is 1.35 bits per heavy atom. The molecule has 1 aliphatic carbocycles. The Hall–Kier alpha value is -0.610. The van der Waals surface area contributed by atoms with Crippen LogP contribution in [0.3, 0.4) is 0 Å². The van der Waals surface area contributed by atoms with E-state index >= 15 is 0 Å². The third kappa shape index (κ3) is 3.19. The number of aliphatic hydroxyl groups is 1. The lowest BCUT2D eigenvalue weighted by atomic mass is 9.82. The van der Waals surface area contributed by atoms with Crippen molar-refractivity contribution in [3.05, 3.63) is 0 Å². The van der Waals surface area contributed by atoms with Gasteiger partial charge in [-0.2, -0.15) is 0 Å². The van der Waals surface area contributed by atoms with Gasteiger partial charge < -0.3 is 14.7 Å². The second-order valence-corrected chi connectivity index (χ2v) is 5.42. The number of morpholine rings is 1. The molecule has 2 rings (SSSR count). The number of ether oxygens (including phenoxy) is 1. The van der Waals surface area contributed by atoms with Crippen LogP contribution >= 0.6 is 0 Å². The predicted octanol–water partition coefficient (Wildman–Crippen LogP) is 1.03. The lowest BCUT2D eigenvalue weighted by Crippen LogP contribution is -2.49. The van der Waals surface area contributed by atoms with Crippen LogP contribution in [0.25, 0.3) is 0 Å². The number of carbonyl (C=O) groups is 1. The molecule has 1 unspecified atom stereocenters. The van der Waals surface area contributed by atoms with E-state index in [9.17, 15) is 4.79 Å². The van der Waals surface area contributed by atoms with Crippen LogP contribution in [0.2, 0.25) is 0 Å². The smallest absolute Gasteiger partial charge is 0.225 e. The monoisotopic (exact) mass is 241 g/mol. The summed E-state index contributed by atoms with van der Waals surface area (Å²) >= 11 is 0. The molecule has 1 saturated heterocycles. The summed E-state index contributed by atoms with van der Waals surface area (Å²) in [5, 5.41) is 9.07. The van der Waals surface area contributed by atoms with E-state index < -0.39 is 0 Å². The Morgan fingerprint density at radius 2 is 2.06 bits per heavy atom. The number of carbonyl (C=O) groups excluding carboxylic acids is 1. The minimum Gasteiger partial charge on any atom is -0.394 e. The highest BCUT2D eigenvalue weighted by molar-refractivity contribution is 5.79. The van der Waals surface area contributed by atoms with E-state index in [-0.39, 0.29) is 24.5 Å². The lowest BCUT2D eigenvalue weighted by Gasteiger charge is -2.36. The van der Waals surface area contributed by atoms with Crippen molar-refractivity contribution in [2.75, 3.05) is 26.3 Å². The van der Waals surface area contributed by atoms with Gasteiger partial charge in [-0.05, 0) is 31.6 Å². The van der Waals surface area contributed by atoms with Gasteiger partial charge in [-0.15, -0.1) is 0 Å². The van der Waals surface area contributed by atoms with Crippen molar-refractivity contribution >= 4 is 5.91 Å². The zero-order valence-electron chi connectivity index (χ0n) is 10.6. The molecule has 0 spiro atoms. The molecule has 2 aliphatic rings. The van der Waals surface area contributed by atoms with Gasteiger partial charge in [0.05, 0.1) is 19.3 Å². The number of rotatable bonds is 2. The molecule has 1 saturated carbocycles. The van der Waals surface area contributed by atoms with Gasteiger partial charge in [-0.1, -0.05) is 6.92 Å². The topological polar surface area (TPSA) is 49.8 Å². The Labute approximate surface area is 103 Å². The summed E-state index contributed by atoms with van der Waals surface area (Å²) in [6.45, 7) is 4.06. The zero-order chi connectivity index (χ0) is 12.3. The highest BCUT2D eigenvalue weighted by Crippen LogP contribution is 2.29. The summed E-state index contributed by atoms with van der Waals surface area (Å²) in [6, 6.07) is 0. The van der Waals surface area contributed by atoms with E-state index in [1.54, 1.807) is 0 Å². The zero-order valence-corrected chi connectivity index (χ0v) is 10.6. The van der Waals surface area contributed by atoms with Crippen LogP contribution < -0.4 is 0 Å². The van der Waals surface area contributed by atoms with Crippen LogP contribution in [0.5, 0.6) is 0 Å². The van der Waals surface area contributed by atoms with Gasteiger partial charge in [-0.25, -0.2) is 0 Å². The maximum atomic E-state index is 12.3. The van der Waals surface area contributed by atoms with E-state index in [0.717, 1.165) is 18.8 Å². The van der Waals surface area contributed by atoms with E-state index in [2.05, 4.69) is 6.92 Å². The number of aliphatic hydroxyl groups excluding tert-OH is 1. The lowest BCUT2D eigenvalue weighted by molar-refractivity contribution is -0.145. The second-order valence-electron chi connectivity index (χ2n) is 5.42. The van der Waals surface area contributed by atoms with Crippen LogP contribution in [-0.4, -0.2) is 48.3 Å². The van der Waals surface area contributed by atoms with Crippen molar-refractivity contribution in [1.82, 2.24) is 4.90 Å². The minimum absolute atomic E-state index is 0.00544. The van der Waals surface area contributed by atoms with Crippen LogP contribution in [0.1, 0.15) is 32.6 Å². The first-order chi connectivity index (χ1) is 8.20. The Balaban J connectivity index is 1.86. The third-order valence-electron chi connectivity index (χ3n) is 4.02. The first-order valence-electron chi connectivity index (χ1n) is 6.72. The molecule has 1 amide bonds. The molecule has 1 N–H and O–H groups in total. The quantitative estimate of drug-likeness (QED) is 0.785. The molecule has 17 heavy (non-hydrogen) atoms. The minimum atomic E-state index is -0.185. The van der Waals surface area contributed by atoms with E-state index in [4.69, 9.17) is 9.84 Å². The molecule has 4 nitrogen and oxygen atoms in total. The van der Waals surface area contributed by atoms with Crippen molar-refractivity contribution in [3.63, 3.8) is 0 Å². The molecule has 0 radical (unpaired) electrons. The average Bonchev–Trinajstić information content (AvgIpc) is 2.39. The van der Waals surface area contributed by atoms with Gasteiger partial charge >= 0.3 is 0 Å². The summed E-state index contributed by atoms with van der Waals surface area (Å²) in [5.74, 6) is 1.26. The van der Waals surface area contributed by atoms with Gasteiger partial charge in [0, 0.05) is 19.0 Å². The molecule has 0 aromatic rings. The van der Waals surface area contributed by atoms with Crippen molar-refractivity contribution in [2.24, 2.45) is 11.8 Å². The fourth-order valence-electron chi connectivity index (χ4n) is 2.80. The van der Waals surface area contributed by atoms with Crippen LogP contribution in [0.15, 0.2) is 0 Å². The molecule has 4 heteroatoms. The predicted molar refractivity (Wildman–Crippen MR) is 64.5 cm³/mol. The van der Waals surface area contributed by atoms with Crippen LogP contribution in [-0.2, 0) is 9.53 Å². The van der Waals surface area contributed by atoms with E-state index in [0.29, 0.717) is 19.7 Å². The highest BCUT2D eigenvalue weighted by atomic mass is 16.5. The number of nitrogens with zero attached hydrogens (tertiary/aromatic N) is 1. The maximum Gasteiger partial charge on any atom is 0.225 e. The summed E-state index contributed by atoms with van der Waals surface area (Å²) in [5.41, 5.74) is 0. The summed E-state index contributed by atoms with van der Waals surface area (Å²) in [4.78, 5) is 14.2. The van der Waals surface area contributed by atoms with Gasteiger partial charge in [0.15, 0.2) is 0 Å². The standard InChI is InChI=1S/C13H23NO3/c1-10-2-4-11(5-3-10)13(16)14-6-7-17-12(8-14)9-15/h10-12,15H,2-9H2,1H3. The van der Waals surface area contributed by atoms with Crippen molar-refractivity contribution in [1.29, 1.82) is 0 Å². The Kier molecular flexibility index (Phi) is 4.40.